The number of carbonyl (C=O) groups excluding carboxylic acids is 4. The van der Waals surface area contributed by atoms with Crippen LogP contribution in [0.25, 0.3) is 0 Å². The zero-order valence-electron chi connectivity index (χ0n) is 18.9. The highest BCUT2D eigenvalue weighted by atomic mass is 35.5. The average Bonchev–Trinajstić information content (AvgIpc) is 3.28. The molecule has 2 saturated heterocycles. The van der Waals surface area contributed by atoms with Gasteiger partial charge >= 0.3 is 11.9 Å². The average molecular weight is 518 g/mol. The molecule has 5 rings (SSSR count). The van der Waals surface area contributed by atoms with Gasteiger partial charge in [-0.15, -0.1) is 24.2 Å². The number of nitrogens with one attached hydrogen (secondary N) is 1. The number of fused-ring (bicyclic) bond motifs is 2. The van der Waals surface area contributed by atoms with E-state index >= 15 is 0 Å². The molecule has 2 aromatic rings. The molecule has 0 spiro atoms. The first-order valence-electron chi connectivity index (χ1n) is 10.8. The summed E-state index contributed by atoms with van der Waals surface area (Å²) in [6, 6.07) is 12.9. The molecule has 2 fully saturated rings. The van der Waals surface area contributed by atoms with Crippen LogP contribution in [0.5, 0.6) is 0 Å². The number of cyclic esters (lactones) is 1. The fraction of sp³-hybridized carbons (Fsp3) is 0.333. The van der Waals surface area contributed by atoms with Crippen molar-refractivity contribution in [3.8, 4) is 0 Å². The minimum Gasteiger partial charge on any atom is -0.419 e. The van der Waals surface area contributed by atoms with Crippen molar-refractivity contribution in [3.63, 3.8) is 0 Å². The Hall–Kier alpha value is -3.08. The Morgan fingerprint density at radius 3 is 2.49 bits per heavy atom. The van der Waals surface area contributed by atoms with Crippen LogP contribution in [0.3, 0.4) is 0 Å². The molecule has 0 saturated carbocycles. The Labute approximate surface area is 212 Å². The molecule has 0 bridgehead atoms. The van der Waals surface area contributed by atoms with Crippen molar-refractivity contribution < 1.29 is 28.7 Å². The second-order valence-electron chi connectivity index (χ2n) is 8.90. The summed E-state index contributed by atoms with van der Waals surface area (Å²) >= 11 is 1.40. The molecule has 2 aromatic carbocycles. The predicted octanol–water partition coefficient (Wildman–Crippen LogP) is 2.07. The number of β-lactam (4-membered cyclic amide) rings is 1. The van der Waals surface area contributed by atoms with E-state index in [9.17, 15) is 19.2 Å². The summed E-state index contributed by atoms with van der Waals surface area (Å²) in [5.74, 6) is -2.09. The fourth-order valence-corrected chi connectivity index (χ4v) is 6.17. The molecule has 3 N–H and O–H groups in total. The van der Waals surface area contributed by atoms with E-state index in [0.29, 0.717) is 16.7 Å². The number of halogens is 1. The Morgan fingerprint density at radius 2 is 1.77 bits per heavy atom. The lowest BCUT2D eigenvalue weighted by molar-refractivity contribution is -0.180. The summed E-state index contributed by atoms with van der Waals surface area (Å²) in [6.45, 7) is 3.66. The summed E-state index contributed by atoms with van der Waals surface area (Å²) in [5.41, 5.74) is 7.51. The van der Waals surface area contributed by atoms with E-state index in [0.717, 1.165) is 0 Å². The molecule has 35 heavy (non-hydrogen) atoms. The van der Waals surface area contributed by atoms with Crippen LogP contribution in [0, 0.1) is 0 Å². The van der Waals surface area contributed by atoms with E-state index in [1.807, 2.05) is 19.9 Å². The Kier molecular flexibility index (Phi) is 6.56. The van der Waals surface area contributed by atoms with Crippen molar-refractivity contribution in [2.75, 3.05) is 0 Å². The quantitative estimate of drug-likeness (QED) is 0.455. The molecule has 184 valence electrons. The first-order chi connectivity index (χ1) is 16.2. The van der Waals surface area contributed by atoms with Crippen LogP contribution in [-0.4, -0.2) is 50.9 Å². The molecule has 0 aliphatic carbocycles. The molecular formula is C24H24ClN3O6S. The third-order valence-corrected chi connectivity index (χ3v) is 7.85. The van der Waals surface area contributed by atoms with Gasteiger partial charge < -0.3 is 25.4 Å². The summed E-state index contributed by atoms with van der Waals surface area (Å²) < 4.78 is 10.1. The molecule has 0 unspecified atom stereocenters. The molecule has 3 aliphatic heterocycles. The van der Waals surface area contributed by atoms with Crippen molar-refractivity contribution in [3.05, 3.63) is 71.3 Å². The first kappa shape index (κ1) is 25.0. The number of amides is 2. The number of hydrogen-bond donors (Lipinski definition) is 2. The van der Waals surface area contributed by atoms with E-state index in [-0.39, 0.29) is 18.3 Å². The van der Waals surface area contributed by atoms with Crippen molar-refractivity contribution in [2.24, 2.45) is 5.73 Å². The molecule has 0 radical (unpaired) electrons. The van der Waals surface area contributed by atoms with Crippen LogP contribution < -0.4 is 11.1 Å². The topological polar surface area (TPSA) is 128 Å². The number of benzene rings is 2. The third-order valence-electron chi connectivity index (χ3n) is 6.28. The van der Waals surface area contributed by atoms with Gasteiger partial charge in [-0.2, -0.15) is 0 Å². The van der Waals surface area contributed by atoms with Gasteiger partial charge in [-0.3, -0.25) is 9.59 Å². The van der Waals surface area contributed by atoms with E-state index in [2.05, 4.69) is 5.32 Å². The molecule has 9 nitrogen and oxygen atoms in total. The number of hydrogen-bond acceptors (Lipinski definition) is 8. The zero-order chi connectivity index (χ0) is 24.2. The van der Waals surface area contributed by atoms with E-state index in [1.165, 1.54) is 16.7 Å². The van der Waals surface area contributed by atoms with Gasteiger partial charge in [0.25, 0.3) is 6.29 Å². The van der Waals surface area contributed by atoms with Gasteiger partial charge in [0.05, 0.1) is 5.56 Å². The minimum atomic E-state index is -1.16. The highest BCUT2D eigenvalue weighted by molar-refractivity contribution is 8.01. The van der Waals surface area contributed by atoms with Gasteiger partial charge in [-0.05, 0) is 25.5 Å². The van der Waals surface area contributed by atoms with Gasteiger partial charge in [-0.25, -0.2) is 9.59 Å². The smallest absolute Gasteiger partial charge is 0.342 e. The maximum absolute atomic E-state index is 13.2. The number of ether oxygens (including phenoxy) is 2. The highest BCUT2D eigenvalue weighted by Gasteiger charge is 2.65. The second-order valence-corrected chi connectivity index (χ2v) is 10.7. The predicted molar refractivity (Wildman–Crippen MR) is 129 cm³/mol. The van der Waals surface area contributed by atoms with Crippen molar-refractivity contribution in [2.45, 2.75) is 48.4 Å². The van der Waals surface area contributed by atoms with Gasteiger partial charge in [-0.1, -0.05) is 48.5 Å². The van der Waals surface area contributed by atoms with Crippen molar-refractivity contribution in [1.29, 1.82) is 0 Å². The first-order valence-corrected chi connectivity index (χ1v) is 11.7. The van der Waals surface area contributed by atoms with Crippen molar-refractivity contribution in [1.82, 2.24) is 10.2 Å². The van der Waals surface area contributed by atoms with Gasteiger partial charge in [0, 0.05) is 10.3 Å². The summed E-state index contributed by atoms with van der Waals surface area (Å²) in [7, 11) is 0. The van der Waals surface area contributed by atoms with E-state index in [1.54, 1.807) is 48.5 Å². The summed E-state index contributed by atoms with van der Waals surface area (Å²) in [6.07, 6.45) is -1.16. The van der Waals surface area contributed by atoms with Crippen LogP contribution in [0.1, 0.15) is 47.7 Å². The highest BCUT2D eigenvalue weighted by Crippen LogP contribution is 2.51. The number of nitrogens with two attached hydrogens (primary N) is 1. The van der Waals surface area contributed by atoms with Gasteiger partial charge in [0.1, 0.15) is 23.5 Å². The Balaban J connectivity index is 0.00000289. The lowest BCUT2D eigenvalue weighted by atomic mass is 9.95. The van der Waals surface area contributed by atoms with E-state index < -0.39 is 52.4 Å². The van der Waals surface area contributed by atoms with Crippen LogP contribution >= 0.6 is 24.2 Å². The summed E-state index contributed by atoms with van der Waals surface area (Å²) in [5, 5.41) is 2.29. The number of rotatable bonds is 5. The lowest BCUT2D eigenvalue weighted by Crippen LogP contribution is -2.71. The SMILES string of the molecule is CC1(C)S[C@@H]2[C@H](NC(=O)[C@H](N)c3ccccc3)C(=O)N2[C@H]1C(=O)O[C@H]1OC(=O)c2ccccc21.Cl. The molecule has 0 aromatic heterocycles. The monoisotopic (exact) mass is 517 g/mol. The van der Waals surface area contributed by atoms with Gasteiger partial charge in [0.2, 0.25) is 11.8 Å². The van der Waals surface area contributed by atoms with Crippen LogP contribution in [0.4, 0.5) is 0 Å². The molecular weight excluding hydrogens is 494 g/mol. The number of carbonyl (C=O) groups is 4. The van der Waals surface area contributed by atoms with Gasteiger partial charge in [0.15, 0.2) is 0 Å². The summed E-state index contributed by atoms with van der Waals surface area (Å²) in [4.78, 5) is 52.3. The number of esters is 2. The van der Waals surface area contributed by atoms with Crippen LogP contribution in [0.15, 0.2) is 54.6 Å². The standard InChI is InChI=1S/C24H23N3O6S.ClH/c1-24(2)17(22(31)33-23-14-11-7-6-10-13(14)21(30)32-23)27-19(29)16(20(27)34-24)26-18(28)15(25)12-8-4-3-5-9-12;/h3-11,15-17,20,23H,25H2,1-2H3,(H,26,28);1H/t15-,16-,17+,20-,23-;/m1./s1. The molecule has 3 heterocycles. The third kappa shape index (κ3) is 4.15. The maximum atomic E-state index is 13.2. The zero-order valence-corrected chi connectivity index (χ0v) is 20.5. The normalized spacial score (nSPS) is 26.4. The molecule has 11 heteroatoms. The van der Waals surface area contributed by atoms with Crippen LogP contribution in [0.2, 0.25) is 0 Å². The molecule has 5 atom stereocenters. The second kappa shape index (κ2) is 9.18. The maximum Gasteiger partial charge on any atom is 0.342 e. The van der Waals surface area contributed by atoms with Crippen LogP contribution in [-0.2, 0) is 23.9 Å². The lowest BCUT2D eigenvalue weighted by Gasteiger charge is -2.44. The number of nitrogens with zero attached hydrogens (tertiary/aromatic N) is 1. The van der Waals surface area contributed by atoms with Crippen molar-refractivity contribution >= 4 is 47.9 Å². The Morgan fingerprint density at radius 1 is 1.11 bits per heavy atom. The van der Waals surface area contributed by atoms with E-state index in [4.69, 9.17) is 15.2 Å². The largest absolute Gasteiger partial charge is 0.419 e. The molecule has 3 aliphatic rings. The fourth-order valence-electron chi connectivity index (χ4n) is 4.55. The number of thioether (sulfide) groups is 1. The Bertz CT molecular complexity index is 1190. The molecule has 2 amide bonds. The minimum absolute atomic E-state index is 0.